The van der Waals surface area contributed by atoms with Gasteiger partial charge in [0.15, 0.2) is 0 Å². The molecule has 0 unspecified atom stereocenters. The van der Waals surface area contributed by atoms with Gasteiger partial charge in [-0.05, 0) is 25.1 Å². The summed E-state index contributed by atoms with van der Waals surface area (Å²) in [6, 6.07) is 9.63. The monoisotopic (exact) mass is 401 g/mol. The van der Waals surface area contributed by atoms with Gasteiger partial charge >= 0.3 is 0 Å². The van der Waals surface area contributed by atoms with E-state index in [1.54, 1.807) is 28.8 Å². The second-order valence-electron chi connectivity index (χ2n) is 6.65. The quantitative estimate of drug-likeness (QED) is 0.775. The largest absolute Gasteiger partial charge is 0.358 e. The van der Waals surface area contributed by atoms with E-state index in [9.17, 15) is 9.59 Å². The van der Waals surface area contributed by atoms with Crippen LogP contribution in [0.2, 0.25) is 5.15 Å². The molecule has 2 amide bonds. The number of nitrogens with zero attached hydrogens (tertiary/aromatic N) is 4. The van der Waals surface area contributed by atoms with Gasteiger partial charge in [0.05, 0.1) is 17.9 Å². The van der Waals surface area contributed by atoms with Gasteiger partial charge < -0.3 is 10.2 Å². The van der Waals surface area contributed by atoms with E-state index in [4.69, 9.17) is 11.6 Å². The molecule has 28 heavy (non-hydrogen) atoms. The molecule has 0 bridgehead atoms. The number of carbonyl (C=O) groups excluding carboxylic acids is 2. The molecule has 0 spiro atoms. The zero-order valence-corrected chi connectivity index (χ0v) is 16.8. The van der Waals surface area contributed by atoms with Crippen LogP contribution in [0.15, 0.2) is 36.4 Å². The molecule has 0 aliphatic carbocycles. The molecule has 7 nitrogen and oxygen atoms in total. The van der Waals surface area contributed by atoms with E-state index in [0.717, 1.165) is 16.9 Å². The maximum atomic E-state index is 12.5. The number of likely N-dealkylation sites (N-methyl/N-ethyl adjacent to an activating group) is 1. The van der Waals surface area contributed by atoms with E-state index < -0.39 is 0 Å². The number of hydrogen-bond acceptors (Lipinski definition) is 4. The Kier molecular flexibility index (Phi) is 6.49. The number of carbonyl (C=O) groups is 2. The number of piperazine rings is 1. The second-order valence-corrected chi connectivity index (χ2v) is 7.00. The van der Waals surface area contributed by atoms with Crippen molar-refractivity contribution in [1.29, 1.82) is 0 Å². The Labute approximate surface area is 169 Å². The Bertz CT molecular complexity index is 870. The minimum Gasteiger partial charge on any atom is -0.358 e. The maximum Gasteiger partial charge on any atom is 0.246 e. The van der Waals surface area contributed by atoms with Crippen LogP contribution >= 0.6 is 11.6 Å². The van der Waals surface area contributed by atoms with Crippen LogP contribution in [0, 0.1) is 6.92 Å². The molecule has 1 fully saturated rings. The number of benzene rings is 1. The van der Waals surface area contributed by atoms with Crippen molar-refractivity contribution in [3.8, 4) is 5.69 Å². The number of halogens is 1. The van der Waals surface area contributed by atoms with Crippen molar-refractivity contribution in [2.45, 2.75) is 6.92 Å². The van der Waals surface area contributed by atoms with Gasteiger partial charge in [-0.1, -0.05) is 29.8 Å². The minimum atomic E-state index is -0.0671. The van der Waals surface area contributed by atoms with E-state index in [-0.39, 0.29) is 11.8 Å². The van der Waals surface area contributed by atoms with E-state index in [1.165, 1.54) is 0 Å². The highest BCUT2D eigenvalue weighted by Crippen LogP contribution is 2.24. The smallest absolute Gasteiger partial charge is 0.246 e. The second kappa shape index (κ2) is 9.03. The van der Waals surface area contributed by atoms with Gasteiger partial charge in [-0.2, -0.15) is 5.10 Å². The average molecular weight is 402 g/mol. The SMILES string of the molecule is CNC(=O)CN1CCN(C(=O)C=Cc2c(C)nn(-c3ccccc3)c2Cl)CC1. The van der Waals surface area contributed by atoms with E-state index in [2.05, 4.69) is 10.4 Å². The topological polar surface area (TPSA) is 70.5 Å². The van der Waals surface area contributed by atoms with Crippen molar-refractivity contribution < 1.29 is 9.59 Å². The summed E-state index contributed by atoms with van der Waals surface area (Å²) in [7, 11) is 1.62. The number of amides is 2. The molecule has 1 N–H and O–H groups in total. The molecule has 0 atom stereocenters. The number of aryl methyl sites for hydroxylation is 1. The summed E-state index contributed by atoms with van der Waals surface area (Å²) in [4.78, 5) is 27.8. The summed E-state index contributed by atoms with van der Waals surface area (Å²) in [5, 5.41) is 7.57. The Morgan fingerprint density at radius 3 is 2.50 bits per heavy atom. The van der Waals surface area contributed by atoms with Gasteiger partial charge in [0.1, 0.15) is 5.15 Å². The number of aromatic nitrogens is 2. The first-order valence-corrected chi connectivity index (χ1v) is 9.58. The number of nitrogens with one attached hydrogen (secondary N) is 1. The maximum absolute atomic E-state index is 12.5. The fraction of sp³-hybridized carbons (Fsp3) is 0.350. The van der Waals surface area contributed by atoms with Crippen LogP contribution in [0.1, 0.15) is 11.3 Å². The van der Waals surface area contributed by atoms with Gasteiger partial charge in [-0.15, -0.1) is 0 Å². The predicted octanol–water partition coefficient (Wildman–Crippen LogP) is 1.74. The first kappa shape index (κ1) is 20.1. The zero-order chi connectivity index (χ0) is 20.1. The lowest BCUT2D eigenvalue weighted by molar-refractivity contribution is -0.128. The lowest BCUT2D eigenvalue weighted by atomic mass is 10.2. The van der Waals surface area contributed by atoms with Crippen molar-refractivity contribution in [2.24, 2.45) is 0 Å². The fourth-order valence-electron chi connectivity index (χ4n) is 3.11. The van der Waals surface area contributed by atoms with Crippen LogP contribution < -0.4 is 5.32 Å². The van der Waals surface area contributed by atoms with Gasteiger partial charge in [0.25, 0.3) is 0 Å². The van der Waals surface area contributed by atoms with Crippen LogP contribution in [0.25, 0.3) is 11.8 Å². The highest BCUT2D eigenvalue weighted by Gasteiger charge is 2.21. The number of para-hydroxylation sites is 1. The molecule has 1 aliphatic rings. The third kappa shape index (κ3) is 4.61. The lowest BCUT2D eigenvalue weighted by Gasteiger charge is -2.33. The number of rotatable bonds is 5. The Balaban J connectivity index is 1.64. The van der Waals surface area contributed by atoms with Gasteiger partial charge in [-0.3, -0.25) is 14.5 Å². The molecule has 8 heteroatoms. The van der Waals surface area contributed by atoms with Crippen LogP contribution in [-0.4, -0.2) is 71.2 Å². The molecule has 3 rings (SSSR count). The van der Waals surface area contributed by atoms with Gasteiger partial charge in [0, 0.05) is 44.9 Å². The van der Waals surface area contributed by atoms with Crippen molar-refractivity contribution in [3.05, 3.63) is 52.8 Å². The van der Waals surface area contributed by atoms with Crippen LogP contribution in [0.4, 0.5) is 0 Å². The Morgan fingerprint density at radius 2 is 1.86 bits per heavy atom. The van der Waals surface area contributed by atoms with Crippen molar-refractivity contribution in [1.82, 2.24) is 24.9 Å². The normalized spacial score (nSPS) is 15.2. The predicted molar refractivity (Wildman–Crippen MR) is 109 cm³/mol. The molecule has 1 aliphatic heterocycles. The molecule has 2 heterocycles. The summed E-state index contributed by atoms with van der Waals surface area (Å²) in [6.45, 7) is 4.78. The van der Waals surface area contributed by atoms with E-state index in [1.807, 2.05) is 42.2 Å². The molecule has 1 saturated heterocycles. The highest BCUT2D eigenvalue weighted by atomic mass is 35.5. The zero-order valence-electron chi connectivity index (χ0n) is 16.1. The van der Waals surface area contributed by atoms with Crippen molar-refractivity contribution >= 4 is 29.5 Å². The third-order valence-corrected chi connectivity index (χ3v) is 5.14. The van der Waals surface area contributed by atoms with Gasteiger partial charge in [0.2, 0.25) is 11.8 Å². The summed E-state index contributed by atoms with van der Waals surface area (Å²) < 4.78 is 1.67. The van der Waals surface area contributed by atoms with Gasteiger partial charge in [-0.25, -0.2) is 4.68 Å². The summed E-state index contributed by atoms with van der Waals surface area (Å²) >= 11 is 6.49. The van der Waals surface area contributed by atoms with E-state index in [0.29, 0.717) is 37.9 Å². The fourth-order valence-corrected chi connectivity index (χ4v) is 3.44. The third-order valence-electron chi connectivity index (χ3n) is 4.77. The van der Waals surface area contributed by atoms with Crippen LogP contribution in [-0.2, 0) is 9.59 Å². The van der Waals surface area contributed by atoms with Crippen molar-refractivity contribution in [3.63, 3.8) is 0 Å². The standard InChI is InChI=1S/C20H24ClN5O2/c1-15-17(20(21)26(23-15)16-6-4-3-5-7-16)8-9-19(28)25-12-10-24(11-13-25)14-18(27)22-2/h3-9H,10-14H2,1-2H3,(H,22,27). The molecule has 0 radical (unpaired) electrons. The minimum absolute atomic E-state index is 0.0137. The molecular formula is C20H24ClN5O2. The summed E-state index contributed by atoms with van der Waals surface area (Å²) in [5.74, 6) is -0.0808. The Hall–Kier alpha value is -2.64. The van der Waals surface area contributed by atoms with E-state index >= 15 is 0 Å². The summed E-state index contributed by atoms with van der Waals surface area (Å²) in [6.07, 6.45) is 3.27. The molecule has 148 valence electrons. The highest BCUT2D eigenvalue weighted by molar-refractivity contribution is 6.31. The average Bonchev–Trinajstić information content (AvgIpc) is 3.01. The first-order valence-electron chi connectivity index (χ1n) is 9.20. The first-order chi connectivity index (χ1) is 13.5. The van der Waals surface area contributed by atoms with Crippen LogP contribution in [0.5, 0.6) is 0 Å². The molecule has 1 aromatic heterocycles. The number of hydrogen-bond donors (Lipinski definition) is 1. The van der Waals surface area contributed by atoms with Crippen LogP contribution in [0.3, 0.4) is 0 Å². The molecule has 0 saturated carbocycles. The molecule has 2 aromatic rings. The Morgan fingerprint density at radius 1 is 1.18 bits per heavy atom. The molecular weight excluding hydrogens is 378 g/mol. The van der Waals surface area contributed by atoms with Crippen molar-refractivity contribution in [2.75, 3.05) is 39.8 Å². The summed E-state index contributed by atoms with van der Waals surface area (Å²) in [5.41, 5.74) is 2.36. The molecule has 1 aromatic carbocycles. The lowest BCUT2D eigenvalue weighted by Crippen LogP contribution is -2.50.